The molecule has 0 atom stereocenters. The molecule has 0 aliphatic carbocycles. The monoisotopic (exact) mass is 318 g/mol. The highest BCUT2D eigenvalue weighted by atomic mass is 32.1. The van der Waals surface area contributed by atoms with Gasteiger partial charge in [-0.3, -0.25) is 4.79 Å². The Kier molecular flexibility index (Phi) is 3.30. The number of anilines is 1. The van der Waals surface area contributed by atoms with Gasteiger partial charge in [-0.2, -0.15) is 0 Å². The molecule has 112 valence electrons. The largest absolute Gasteiger partial charge is 0.545 e. The Bertz CT molecular complexity index is 810. The molecule has 2 N–H and O–H groups in total. The van der Waals surface area contributed by atoms with Gasteiger partial charge in [-0.05, 0) is 6.07 Å². The Labute approximate surface area is 127 Å². The Balaban J connectivity index is 2.17. The number of benzene rings is 1. The van der Waals surface area contributed by atoms with Crippen molar-refractivity contribution < 1.29 is 29.3 Å². The molecule has 0 fully saturated rings. The molecule has 7 nitrogen and oxygen atoms in total. The van der Waals surface area contributed by atoms with Gasteiger partial charge in [-0.1, -0.05) is 18.2 Å². The van der Waals surface area contributed by atoms with Crippen LogP contribution in [0.3, 0.4) is 0 Å². The molecule has 0 saturated heterocycles. The number of carboxylic acid groups (broad SMARTS) is 2. The fourth-order valence-corrected chi connectivity index (χ4v) is 3.36. The first-order valence-corrected chi connectivity index (χ1v) is 6.94. The molecular weight excluding hydrogens is 310 g/mol. The van der Waals surface area contributed by atoms with Crippen LogP contribution >= 0.6 is 11.3 Å². The van der Waals surface area contributed by atoms with Gasteiger partial charge in [0.15, 0.2) is 0 Å². The summed E-state index contributed by atoms with van der Waals surface area (Å²) in [6.07, 6.45) is 0. The summed E-state index contributed by atoms with van der Waals surface area (Å²) in [5.74, 6) is -3.98. The van der Waals surface area contributed by atoms with E-state index < -0.39 is 17.8 Å². The summed E-state index contributed by atoms with van der Waals surface area (Å²) in [5, 5.41) is 22.1. The van der Waals surface area contributed by atoms with E-state index in [1.807, 2.05) is 0 Å². The number of amides is 1. The van der Waals surface area contributed by atoms with Gasteiger partial charge in [-0.25, -0.2) is 4.79 Å². The van der Waals surface area contributed by atoms with Crippen molar-refractivity contribution in [2.75, 3.05) is 5.32 Å². The van der Waals surface area contributed by atoms with Crippen molar-refractivity contribution >= 4 is 34.2 Å². The third-order valence-electron chi connectivity index (χ3n) is 3.12. The van der Waals surface area contributed by atoms with Crippen LogP contribution in [0, 0.1) is 0 Å². The summed E-state index contributed by atoms with van der Waals surface area (Å²) in [6.45, 7) is 0.139. The van der Waals surface area contributed by atoms with Gasteiger partial charge in [0.05, 0.1) is 10.8 Å². The number of rotatable bonds is 2. The fraction of sp³-hybridized carbons (Fsp3) is 0.0714. The van der Waals surface area contributed by atoms with Crippen molar-refractivity contribution in [3.63, 3.8) is 0 Å². The van der Waals surface area contributed by atoms with E-state index in [1.165, 1.54) is 0 Å². The van der Waals surface area contributed by atoms with E-state index in [9.17, 15) is 19.5 Å². The molecule has 2 heterocycles. The number of carbonyl (C=O) groups is 3. The number of thiophene rings is 1. The summed E-state index contributed by atoms with van der Waals surface area (Å²) < 4.78 is 5.52. The average molecular weight is 318 g/mol. The molecule has 22 heavy (non-hydrogen) atoms. The van der Waals surface area contributed by atoms with Crippen LogP contribution in [0.25, 0.3) is 11.1 Å². The molecule has 0 bridgehead atoms. The van der Waals surface area contributed by atoms with E-state index in [2.05, 4.69) is 5.32 Å². The van der Waals surface area contributed by atoms with Crippen molar-refractivity contribution in [3.8, 4) is 16.9 Å². The summed E-state index contributed by atoms with van der Waals surface area (Å²) in [4.78, 5) is 34.0. The predicted molar refractivity (Wildman–Crippen MR) is 74.7 cm³/mol. The molecule has 1 aliphatic rings. The molecule has 0 saturated carbocycles. The number of carboxylic acids is 2. The Hall–Kier alpha value is -2.87. The third kappa shape index (κ3) is 2.19. The van der Waals surface area contributed by atoms with Gasteiger partial charge in [0.1, 0.15) is 17.4 Å². The van der Waals surface area contributed by atoms with Gasteiger partial charge < -0.3 is 25.1 Å². The molecule has 0 unspecified atom stereocenters. The Morgan fingerprint density at radius 3 is 2.68 bits per heavy atom. The zero-order valence-electron chi connectivity index (χ0n) is 10.9. The molecular formula is C14H8NO6S-. The zero-order valence-corrected chi connectivity index (χ0v) is 11.7. The number of para-hydroxylation sites is 1. The van der Waals surface area contributed by atoms with Crippen LogP contribution < -0.4 is 15.2 Å². The summed E-state index contributed by atoms with van der Waals surface area (Å²) in [6, 6.07) is 6.87. The first kappa shape index (κ1) is 14.1. The topological polar surface area (TPSA) is 116 Å². The van der Waals surface area contributed by atoms with Gasteiger partial charge in [0.2, 0.25) is 0 Å². The van der Waals surface area contributed by atoms with E-state index in [0.717, 1.165) is 11.3 Å². The van der Waals surface area contributed by atoms with Gasteiger partial charge in [-0.15, -0.1) is 11.3 Å². The van der Waals surface area contributed by atoms with E-state index in [1.54, 1.807) is 24.3 Å². The summed E-state index contributed by atoms with van der Waals surface area (Å²) in [5.41, 5.74) is 0.730. The smallest absolute Gasteiger partial charge is 0.394 e. The van der Waals surface area contributed by atoms with Gasteiger partial charge in [0, 0.05) is 16.7 Å². The van der Waals surface area contributed by atoms with Crippen molar-refractivity contribution in [2.45, 2.75) is 6.61 Å². The number of carbonyl (C=O) groups excluding carboxylic acids is 2. The van der Waals surface area contributed by atoms with Crippen molar-refractivity contribution in [2.24, 2.45) is 0 Å². The second-order valence-corrected chi connectivity index (χ2v) is 5.54. The maximum Gasteiger partial charge on any atom is 0.394 e. The van der Waals surface area contributed by atoms with Crippen molar-refractivity contribution in [3.05, 3.63) is 34.7 Å². The summed E-state index contributed by atoms with van der Waals surface area (Å²) >= 11 is 0.958. The number of aromatic carboxylic acids is 1. The lowest BCUT2D eigenvalue weighted by Crippen LogP contribution is -2.27. The maximum atomic E-state index is 11.5. The minimum absolute atomic E-state index is 0.0716. The van der Waals surface area contributed by atoms with E-state index in [4.69, 9.17) is 9.84 Å². The minimum atomic E-state index is -1.70. The quantitative estimate of drug-likeness (QED) is 0.787. The van der Waals surface area contributed by atoms with Crippen LogP contribution in [0.5, 0.6) is 5.75 Å². The molecule has 1 aliphatic heterocycles. The van der Waals surface area contributed by atoms with Crippen LogP contribution in [0.1, 0.15) is 15.2 Å². The van der Waals surface area contributed by atoms with Crippen LogP contribution in [-0.4, -0.2) is 23.0 Å². The SMILES string of the molecule is O=C(O)C(=O)Nc1sc2c(c1C(=O)[O-])-c1ccccc1OC2. The number of ether oxygens (including phenoxy) is 1. The normalized spacial score (nSPS) is 11.8. The predicted octanol–water partition coefficient (Wildman–Crippen LogP) is 0.694. The number of aliphatic carboxylic acids is 1. The lowest BCUT2D eigenvalue weighted by molar-refractivity contribution is -0.254. The first-order valence-electron chi connectivity index (χ1n) is 6.12. The lowest BCUT2D eigenvalue weighted by atomic mass is 9.98. The molecule has 0 spiro atoms. The maximum absolute atomic E-state index is 11.5. The molecule has 8 heteroatoms. The molecule has 2 aromatic rings. The number of fused-ring (bicyclic) bond motifs is 3. The molecule has 1 amide bonds. The summed E-state index contributed by atoms with van der Waals surface area (Å²) in [7, 11) is 0. The lowest BCUT2D eigenvalue weighted by Gasteiger charge is -2.19. The van der Waals surface area contributed by atoms with E-state index >= 15 is 0 Å². The van der Waals surface area contributed by atoms with Crippen LogP contribution in [0.4, 0.5) is 5.00 Å². The molecule has 3 rings (SSSR count). The number of hydrogen-bond donors (Lipinski definition) is 2. The average Bonchev–Trinajstić information content (AvgIpc) is 2.85. The van der Waals surface area contributed by atoms with Gasteiger partial charge >= 0.3 is 11.9 Å². The molecule has 0 radical (unpaired) electrons. The highest BCUT2D eigenvalue weighted by molar-refractivity contribution is 7.17. The number of nitrogens with one attached hydrogen (secondary N) is 1. The van der Waals surface area contributed by atoms with E-state index in [0.29, 0.717) is 21.8 Å². The fourth-order valence-electron chi connectivity index (χ4n) is 2.25. The highest BCUT2D eigenvalue weighted by Crippen LogP contribution is 2.46. The molecule has 1 aromatic carbocycles. The van der Waals surface area contributed by atoms with E-state index in [-0.39, 0.29) is 17.2 Å². The standard InChI is InChI=1S/C14H9NO6S/c16-11(14(19)20)15-12-10(13(17)18)9-6-3-1-2-4-7(6)21-5-8(9)22-12/h1-4H,5H2,(H,15,16)(H,17,18)(H,19,20)/p-1. The van der Waals surface area contributed by atoms with Crippen LogP contribution in [0.2, 0.25) is 0 Å². The first-order chi connectivity index (χ1) is 10.5. The third-order valence-corrected chi connectivity index (χ3v) is 4.20. The Morgan fingerprint density at radius 2 is 2.00 bits per heavy atom. The second kappa shape index (κ2) is 5.15. The number of hydrogen-bond acceptors (Lipinski definition) is 6. The van der Waals surface area contributed by atoms with Gasteiger partial charge in [0.25, 0.3) is 0 Å². The van der Waals surface area contributed by atoms with Crippen molar-refractivity contribution in [1.29, 1.82) is 0 Å². The highest BCUT2D eigenvalue weighted by Gasteiger charge is 2.27. The van der Waals surface area contributed by atoms with Crippen LogP contribution in [0.15, 0.2) is 24.3 Å². The van der Waals surface area contributed by atoms with Crippen molar-refractivity contribution in [1.82, 2.24) is 0 Å². The second-order valence-electron chi connectivity index (χ2n) is 4.44. The zero-order chi connectivity index (χ0) is 15.9. The molecule has 1 aromatic heterocycles. The van der Waals surface area contributed by atoms with Crippen LogP contribution in [-0.2, 0) is 16.2 Å². The minimum Gasteiger partial charge on any atom is -0.545 e. The Morgan fingerprint density at radius 1 is 1.27 bits per heavy atom.